The molecular weight excluding hydrogens is 402 g/mol. The Bertz CT molecular complexity index is 1140. The van der Waals surface area contributed by atoms with Gasteiger partial charge >= 0.3 is 0 Å². The van der Waals surface area contributed by atoms with E-state index in [4.69, 9.17) is 14.5 Å². The summed E-state index contributed by atoms with van der Waals surface area (Å²) < 4.78 is 11.0. The van der Waals surface area contributed by atoms with Crippen LogP contribution in [0.5, 0.6) is 5.75 Å². The largest absolute Gasteiger partial charge is 0.492 e. The van der Waals surface area contributed by atoms with Gasteiger partial charge in [-0.2, -0.15) is 0 Å². The van der Waals surface area contributed by atoms with E-state index < -0.39 is 0 Å². The Balaban J connectivity index is 1.47. The van der Waals surface area contributed by atoms with Gasteiger partial charge in [-0.25, -0.2) is 9.97 Å². The number of aromatic amines is 1. The molecular formula is C25H29N5O2. The average Bonchev–Trinajstić information content (AvgIpc) is 3.25. The predicted octanol–water partition coefficient (Wildman–Crippen LogP) is 4.63. The van der Waals surface area contributed by atoms with Gasteiger partial charge in [-0.05, 0) is 55.9 Å². The summed E-state index contributed by atoms with van der Waals surface area (Å²) in [7, 11) is 3.77. The zero-order chi connectivity index (χ0) is 22.3. The molecule has 0 saturated carbocycles. The summed E-state index contributed by atoms with van der Waals surface area (Å²) in [5, 5.41) is 3.48. The van der Waals surface area contributed by atoms with Crippen molar-refractivity contribution in [3.63, 3.8) is 0 Å². The molecule has 0 saturated heterocycles. The van der Waals surface area contributed by atoms with Gasteiger partial charge in [0, 0.05) is 37.6 Å². The van der Waals surface area contributed by atoms with E-state index in [0.717, 1.165) is 64.9 Å². The molecule has 0 spiro atoms. The van der Waals surface area contributed by atoms with Gasteiger partial charge in [-0.3, -0.25) is 0 Å². The van der Waals surface area contributed by atoms with Crippen molar-refractivity contribution in [2.45, 2.75) is 6.92 Å². The Hall–Kier alpha value is -3.42. The van der Waals surface area contributed by atoms with Gasteiger partial charge in [-0.1, -0.05) is 18.2 Å². The minimum absolute atomic E-state index is 0.627. The summed E-state index contributed by atoms with van der Waals surface area (Å²) in [5.74, 6) is 1.62. The highest BCUT2D eigenvalue weighted by Gasteiger charge is 2.13. The van der Waals surface area contributed by atoms with E-state index >= 15 is 0 Å². The molecule has 2 aromatic heterocycles. The van der Waals surface area contributed by atoms with Crippen LogP contribution in [0, 0.1) is 6.92 Å². The van der Waals surface area contributed by atoms with Gasteiger partial charge in [0.1, 0.15) is 23.7 Å². The van der Waals surface area contributed by atoms with E-state index in [9.17, 15) is 0 Å². The number of para-hydroxylation sites is 1. The molecule has 0 aliphatic rings. The van der Waals surface area contributed by atoms with E-state index in [0.29, 0.717) is 6.61 Å². The SMILES string of the molecule is COCCN(C)CCOc1ccc(-c2nc3c(Nc4ccccc4)c(C)cnc3[nH]2)cc1. The van der Waals surface area contributed by atoms with Crippen molar-refractivity contribution in [2.75, 3.05) is 45.8 Å². The number of rotatable bonds is 10. The number of anilines is 2. The lowest BCUT2D eigenvalue weighted by atomic mass is 10.2. The molecule has 0 aliphatic heterocycles. The third kappa shape index (κ3) is 5.25. The monoisotopic (exact) mass is 431 g/mol. The fourth-order valence-electron chi connectivity index (χ4n) is 3.39. The Morgan fingerprint density at radius 3 is 2.50 bits per heavy atom. The van der Waals surface area contributed by atoms with Gasteiger partial charge in [0.25, 0.3) is 0 Å². The van der Waals surface area contributed by atoms with Gasteiger partial charge in [0.15, 0.2) is 5.65 Å². The number of nitrogens with zero attached hydrogens (tertiary/aromatic N) is 3. The van der Waals surface area contributed by atoms with Crippen LogP contribution < -0.4 is 10.1 Å². The summed E-state index contributed by atoms with van der Waals surface area (Å²) in [5.41, 5.74) is 5.57. The number of nitrogens with one attached hydrogen (secondary N) is 2. The normalized spacial score (nSPS) is 11.2. The van der Waals surface area contributed by atoms with E-state index in [2.05, 4.69) is 27.2 Å². The van der Waals surface area contributed by atoms with Crippen LogP contribution in [-0.4, -0.2) is 60.3 Å². The Morgan fingerprint density at radius 1 is 1.00 bits per heavy atom. The second kappa shape index (κ2) is 10.3. The van der Waals surface area contributed by atoms with E-state index in [1.807, 2.05) is 67.7 Å². The molecule has 0 amide bonds. The second-order valence-electron chi connectivity index (χ2n) is 7.76. The summed E-state index contributed by atoms with van der Waals surface area (Å²) in [6, 6.07) is 18.1. The van der Waals surface area contributed by atoms with Crippen molar-refractivity contribution in [3.05, 3.63) is 66.4 Å². The number of ether oxygens (including phenoxy) is 2. The minimum Gasteiger partial charge on any atom is -0.492 e. The number of hydrogen-bond donors (Lipinski definition) is 2. The molecule has 2 heterocycles. The highest BCUT2D eigenvalue weighted by Crippen LogP contribution is 2.30. The Morgan fingerprint density at radius 2 is 1.75 bits per heavy atom. The molecule has 2 N–H and O–H groups in total. The quantitative estimate of drug-likeness (QED) is 0.381. The Kier molecular flexibility index (Phi) is 6.99. The molecule has 32 heavy (non-hydrogen) atoms. The molecule has 4 aromatic rings. The lowest BCUT2D eigenvalue weighted by Gasteiger charge is -2.16. The summed E-state index contributed by atoms with van der Waals surface area (Å²) >= 11 is 0. The van der Waals surface area contributed by atoms with Crippen molar-refractivity contribution < 1.29 is 9.47 Å². The van der Waals surface area contributed by atoms with Gasteiger partial charge in [0.2, 0.25) is 0 Å². The number of benzene rings is 2. The van der Waals surface area contributed by atoms with Crippen LogP contribution in [0.15, 0.2) is 60.8 Å². The molecule has 0 radical (unpaired) electrons. The number of aromatic nitrogens is 3. The smallest absolute Gasteiger partial charge is 0.159 e. The number of likely N-dealkylation sites (N-methyl/N-ethyl adjacent to an activating group) is 1. The molecule has 0 bridgehead atoms. The maximum absolute atomic E-state index is 5.87. The first-order chi connectivity index (χ1) is 15.6. The van der Waals surface area contributed by atoms with Crippen LogP contribution in [0.4, 0.5) is 11.4 Å². The number of methoxy groups -OCH3 is 1. The summed E-state index contributed by atoms with van der Waals surface area (Å²) in [4.78, 5) is 14.9. The molecule has 166 valence electrons. The average molecular weight is 432 g/mol. The molecule has 2 aromatic carbocycles. The number of pyridine rings is 1. The van der Waals surface area contributed by atoms with Crippen LogP contribution in [0.1, 0.15) is 5.56 Å². The molecule has 7 heteroatoms. The third-order valence-electron chi connectivity index (χ3n) is 5.29. The van der Waals surface area contributed by atoms with E-state index in [1.165, 1.54) is 0 Å². The first-order valence-electron chi connectivity index (χ1n) is 10.7. The van der Waals surface area contributed by atoms with Gasteiger partial charge in [0.05, 0.1) is 12.3 Å². The van der Waals surface area contributed by atoms with Crippen molar-refractivity contribution in [1.29, 1.82) is 0 Å². The molecule has 0 aliphatic carbocycles. The van der Waals surface area contributed by atoms with E-state index in [-0.39, 0.29) is 0 Å². The van der Waals surface area contributed by atoms with Crippen LogP contribution in [-0.2, 0) is 4.74 Å². The highest BCUT2D eigenvalue weighted by molar-refractivity contribution is 5.91. The first-order valence-corrected chi connectivity index (χ1v) is 10.7. The number of H-pyrrole nitrogens is 1. The summed E-state index contributed by atoms with van der Waals surface area (Å²) in [6.45, 7) is 5.11. The predicted molar refractivity (Wildman–Crippen MR) is 129 cm³/mol. The van der Waals surface area contributed by atoms with E-state index in [1.54, 1.807) is 7.11 Å². The zero-order valence-electron chi connectivity index (χ0n) is 18.8. The van der Waals surface area contributed by atoms with Gasteiger partial charge < -0.3 is 24.7 Å². The van der Waals surface area contributed by atoms with Crippen LogP contribution in [0.25, 0.3) is 22.6 Å². The van der Waals surface area contributed by atoms with Crippen molar-refractivity contribution in [1.82, 2.24) is 19.9 Å². The number of imidazole rings is 1. The standard InChI is InChI=1S/C25H29N5O2/c1-18-17-26-25-23(22(18)27-20-7-5-4-6-8-20)28-24(29-25)19-9-11-21(12-10-19)32-16-14-30(2)13-15-31-3/h4-12,17H,13-16H2,1-3H3,(H2,26,27,28,29). The minimum atomic E-state index is 0.627. The fourth-order valence-corrected chi connectivity index (χ4v) is 3.39. The first kappa shape index (κ1) is 21.8. The van der Waals surface area contributed by atoms with Gasteiger partial charge in [-0.15, -0.1) is 0 Å². The molecule has 0 fully saturated rings. The van der Waals surface area contributed by atoms with Crippen LogP contribution in [0.2, 0.25) is 0 Å². The molecule has 7 nitrogen and oxygen atoms in total. The number of aryl methyl sites for hydroxylation is 1. The zero-order valence-corrected chi connectivity index (χ0v) is 18.8. The topological polar surface area (TPSA) is 75.3 Å². The van der Waals surface area contributed by atoms with Crippen molar-refractivity contribution in [3.8, 4) is 17.1 Å². The maximum atomic E-state index is 5.87. The third-order valence-corrected chi connectivity index (χ3v) is 5.29. The molecule has 0 atom stereocenters. The summed E-state index contributed by atoms with van der Waals surface area (Å²) in [6.07, 6.45) is 1.86. The lowest BCUT2D eigenvalue weighted by Crippen LogP contribution is -2.27. The van der Waals surface area contributed by atoms with Crippen LogP contribution >= 0.6 is 0 Å². The molecule has 0 unspecified atom stereocenters. The Labute approximate surface area is 188 Å². The molecule has 4 rings (SSSR count). The fraction of sp³-hybridized carbons (Fsp3) is 0.280. The maximum Gasteiger partial charge on any atom is 0.159 e. The second-order valence-corrected chi connectivity index (χ2v) is 7.76. The number of hydrogen-bond acceptors (Lipinski definition) is 6. The lowest BCUT2D eigenvalue weighted by molar-refractivity contribution is 0.150. The number of fused-ring (bicyclic) bond motifs is 1. The highest BCUT2D eigenvalue weighted by atomic mass is 16.5. The van der Waals surface area contributed by atoms with Crippen LogP contribution in [0.3, 0.4) is 0 Å². The van der Waals surface area contributed by atoms with Crippen molar-refractivity contribution in [2.24, 2.45) is 0 Å². The van der Waals surface area contributed by atoms with Crippen molar-refractivity contribution >= 4 is 22.5 Å².